The predicted octanol–water partition coefficient (Wildman–Crippen LogP) is 2.63. The van der Waals surface area contributed by atoms with Gasteiger partial charge in [0.15, 0.2) is 5.82 Å². The van der Waals surface area contributed by atoms with E-state index in [0.717, 1.165) is 16.8 Å². The van der Waals surface area contributed by atoms with Crippen molar-refractivity contribution in [2.75, 3.05) is 0 Å². The van der Waals surface area contributed by atoms with Crippen LogP contribution in [0.3, 0.4) is 0 Å². The molecule has 0 fully saturated rings. The molecule has 16 heavy (non-hydrogen) atoms. The number of rotatable bonds is 1. The smallest absolute Gasteiger partial charge is 0.161 e. The van der Waals surface area contributed by atoms with E-state index in [2.05, 4.69) is 9.97 Å². The first-order chi connectivity index (χ1) is 7.70. The molecule has 0 N–H and O–H groups in total. The van der Waals surface area contributed by atoms with Crippen LogP contribution in [0, 0.1) is 25.2 Å². The van der Waals surface area contributed by atoms with Crippen molar-refractivity contribution >= 4 is 0 Å². The Morgan fingerprint density at radius 1 is 1.12 bits per heavy atom. The maximum absolute atomic E-state index is 8.86. The molecule has 2 rings (SSSR count). The van der Waals surface area contributed by atoms with Crippen molar-refractivity contribution in [3.63, 3.8) is 0 Å². The molecular formula is C13H11N3. The van der Waals surface area contributed by atoms with E-state index < -0.39 is 0 Å². The summed E-state index contributed by atoms with van der Waals surface area (Å²) in [6.45, 7) is 3.87. The summed E-state index contributed by atoms with van der Waals surface area (Å²) in [5, 5.41) is 8.86. The van der Waals surface area contributed by atoms with Crippen LogP contribution in [0.4, 0.5) is 0 Å². The fourth-order valence-corrected chi connectivity index (χ4v) is 1.57. The average molecular weight is 209 g/mol. The van der Waals surface area contributed by atoms with Crippen LogP contribution >= 0.6 is 0 Å². The summed E-state index contributed by atoms with van der Waals surface area (Å²) >= 11 is 0. The van der Waals surface area contributed by atoms with Crippen LogP contribution in [0.25, 0.3) is 11.4 Å². The second-order valence-electron chi connectivity index (χ2n) is 3.64. The summed E-state index contributed by atoms with van der Waals surface area (Å²) < 4.78 is 0. The molecule has 0 bridgehead atoms. The zero-order valence-electron chi connectivity index (χ0n) is 9.23. The van der Waals surface area contributed by atoms with E-state index in [4.69, 9.17) is 5.26 Å². The van der Waals surface area contributed by atoms with Gasteiger partial charge in [-0.25, -0.2) is 9.97 Å². The molecule has 0 aliphatic heterocycles. The second kappa shape index (κ2) is 4.11. The van der Waals surface area contributed by atoms with E-state index in [1.165, 1.54) is 0 Å². The molecule has 2 aromatic rings. The second-order valence-corrected chi connectivity index (χ2v) is 3.64. The SMILES string of the molecule is Cc1cc(C#N)nc(-c2ccccc2C)n1. The Balaban J connectivity index is 2.61. The average Bonchev–Trinajstić information content (AvgIpc) is 2.28. The number of aromatic nitrogens is 2. The van der Waals surface area contributed by atoms with Gasteiger partial charge in [0.1, 0.15) is 11.8 Å². The predicted molar refractivity (Wildman–Crippen MR) is 61.7 cm³/mol. The number of nitrogens with zero attached hydrogens (tertiary/aromatic N) is 3. The molecule has 1 heterocycles. The maximum Gasteiger partial charge on any atom is 0.161 e. The molecule has 3 nitrogen and oxygen atoms in total. The van der Waals surface area contributed by atoms with Crippen molar-refractivity contribution in [1.29, 1.82) is 5.26 Å². The number of hydrogen-bond donors (Lipinski definition) is 0. The lowest BCUT2D eigenvalue weighted by Crippen LogP contribution is -1.96. The summed E-state index contributed by atoms with van der Waals surface area (Å²) in [5.74, 6) is 0.620. The Bertz CT molecular complexity index is 568. The Labute approximate surface area is 94.4 Å². The first-order valence-corrected chi connectivity index (χ1v) is 5.02. The molecule has 3 heteroatoms. The summed E-state index contributed by atoms with van der Waals surface area (Å²) in [4.78, 5) is 8.56. The van der Waals surface area contributed by atoms with Crippen LogP contribution in [-0.2, 0) is 0 Å². The van der Waals surface area contributed by atoms with E-state index >= 15 is 0 Å². The molecule has 0 atom stereocenters. The van der Waals surface area contributed by atoms with Crippen LogP contribution in [0.1, 0.15) is 17.0 Å². The van der Waals surface area contributed by atoms with Gasteiger partial charge in [0.25, 0.3) is 0 Å². The zero-order valence-corrected chi connectivity index (χ0v) is 9.23. The van der Waals surface area contributed by atoms with Crippen LogP contribution in [0.2, 0.25) is 0 Å². The topological polar surface area (TPSA) is 49.6 Å². The van der Waals surface area contributed by atoms with Gasteiger partial charge in [-0.1, -0.05) is 24.3 Å². The summed E-state index contributed by atoms with van der Waals surface area (Å²) in [6, 6.07) is 11.6. The third kappa shape index (κ3) is 1.91. The van der Waals surface area contributed by atoms with Gasteiger partial charge in [0.2, 0.25) is 0 Å². The molecule has 0 spiro atoms. The lowest BCUT2D eigenvalue weighted by Gasteiger charge is -2.04. The van der Waals surface area contributed by atoms with Gasteiger partial charge in [-0.15, -0.1) is 0 Å². The highest BCUT2D eigenvalue weighted by atomic mass is 14.9. The van der Waals surface area contributed by atoms with Gasteiger partial charge in [0.05, 0.1) is 0 Å². The minimum atomic E-state index is 0.408. The van der Waals surface area contributed by atoms with E-state index in [-0.39, 0.29) is 0 Å². The van der Waals surface area contributed by atoms with E-state index in [1.807, 2.05) is 44.2 Å². The highest BCUT2D eigenvalue weighted by Gasteiger charge is 2.06. The van der Waals surface area contributed by atoms with Crippen LogP contribution in [-0.4, -0.2) is 9.97 Å². The monoisotopic (exact) mass is 209 g/mol. The Morgan fingerprint density at radius 2 is 1.88 bits per heavy atom. The summed E-state index contributed by atoms with van der Waals surface area (Å²) in [6.07, 6.45) is 0. The molecular weight excluding hydrogens is 198 g/mol. The largest absolute Gasteiger partial charge is 0.233 e. The van der Waals surface area contributed by atoms with Crippen molar-refractivity contribution in [1.82, 2.24) is 9.97 Å². The molecule has 1 aromatic carbocycles. The Kier molecular flexibility index (Phi) is 2.65. The van der Waals surface area contributed by atoms with Crippen LogP contribution in [0.15, 0.2) is 30.3 Å². The zero-order chi connectivity index (χ0) is 11.5. The molecule has 1 aromatic heterocycles. The number of aryl methyl sites for hydroxylation is 2. The third-order valence-corrected chi connectivity index (χ3v) is 2.35. The van der Waals surface area contributed by atoms with E-state index in [1.54, 1.807) is 6.07 Å². The van der Waals surface area contributed by atoms with Crippen molar-refractivity contribution in [3.05, 3.63) is 47.3 Å². The number of nitriles is 1. The Morgan fingerprint density at radius 3 is 2.56 bits per heavy atom. The van der Waals surface area contributed by atoms with Crippen molar-refractivity contribution in [2.24, 2.45) is 0 Å². The molecule has 0 saturated carbocycles. The fraction of sp³-hybridized carbons (Fsp3) is 0.154. The Hall–Kier alpha value is -2.21. The first kappa shape index (κ1) is 10.3. The van der Waals surface area contributed by atoms with Gasteiger partial charge < -0.3 is 0 Å². The molecule has 0 aliphatic rings. The van der Waals surface area contributed by atoms with Gasteiger partial charge in [-0.05, 0) is 25.5 Å². The standard InChI is InChI=1S/C13H11N3/c1-9-5-3-4-6-12(9)13-15-10(2)7-11(8-14)16-13/h3-7H,1-2H3. The van der Waals surface area contributed by atoms with Crippen molar-refractivity contribution in [2.45, 2.75) is 13.8 Å². The summed E-state index contributed by atoms with van der Waals surface area (Å²) in [5.41, 5.74) is 3.30. The molecule has 0 amide bonds. The van der Waals surface area contributed by atoms with Crippen molar-refractivity contribution < 1.29 is 0 Å². The van der Waals surface area contributed by atoms with Gasteiger partial charge >= 0.3 is 0 Å². The van der Waals surface area contributed by atoms with Crippen LogP contribution in [0.5, 0.6) is 0 Å². The maximum atomic E-state index is 8.86. The minimum Gasteiger partial charge on any atom is -0.233 e. The molecule has 0 unspecified atom stereocenters. The molecule has 78 valence electrons. The number of benzene rings is 1. The number of hydrogen-bond acceptors (Lipinski definition) is 3. The van der Waals surface area contributed by atoms with E-state index in [0.29, 0.717) is 11.5 Å². The highest BCUT2D eigenvalue weighted by molar-refractivity contribution is 5.60. The molecule has 0 radical (unpaired) electrons. The van der Waals surface area contributed by atoms with Gasteiger partial charge in [0, 0.05) is 11.3 Å². The lowest BCUT2D eigenvalue weighted by atomic mass is 10.1. The summed E-state index contributed by atoms with van der Waals surface area (Å²) in [7, 11) is 0. The highest BCUT2D eigenvalue weighted by Crippen LogP contribution is 2.19. The minimum absolute atomic E-state index is 0.408. The van der Waals surface area contributed by atoms with Crippen molar-refractivity contribution in [3.8, 4) is 17.5 Å². The fourth-order valence-electron chi connectivity index (χ4n) is 1.57. The molecule has 0 aliphatic carbocycles. The molecule has 0 saturated heterocycles. The first-order valence-electron chi connectivity index (χ1n) is 5.02. The van der Waals surface area contributed by atoms with Crippen LogP contribution < -0.4 is 0 Å². The normalized spacial score (nSPS) is 9.81. The van der Waals surface area contributed by atoms with Gasteiger partial charge in [-0.2, -0.15) is 5.26 Å². The van der Waals surface area contributed by atoms with E-state index in [9.17, 15) is 0 Å². The quantitative estimate of drug-likeness (QED) is 0.725. The lowest BCUT2D eigenvalue weighted by molar-refractivity contribution is 1.09. The third-order valence-electron chi connectivity index (χ3n) is 2.35. The van der Waals surface area contributed by atoms with Gasteiger partial charge in [-0.3, -0.25) is 0 Å².